The standard InChI is InChI=1S/C10H23N/c1-6-9(4)11(8-3)10(5)7-2/h9-10H,6-8H2,1-5H3. The van der Waals surface area contributed by atoms with Crippen molar-refractivity contribution in [1.82, 2.24) is 4.90 Å². The molecule has 0 radical (unpaired) electrons. The van der Waals surface area contributed by atoms with Crippen molar-refractivity contribution in [2.45, 2.75) is 59.5 Å². The summed E-state index contributed by atoms with van der Waals surface area (Å²) in [5, 5.41) is 0. The van der Waals surface area contributed by atoms with Crippen LogP contribution in [-0.4, -0.2) is 23.5 Å². The quantitative estimate of drug-likeness (QED) is 0.593. The molecule has 1 nitrogen and oxygen atoms in total. The Morgan fingerprint density at radius 1 is 0.909 bits per heavy atom. The normalized spacial score (nSPS) is 16.9. The largest absolute Gasteiger partial charge is 0.298 e. The molecule has 0 rings (SSSR count). The first kappa shape index (κ1) is 11.0. The molecule has 68 valence electrons. The van der Waals surface area contributed by atoms with Gasteiger partial charge in [0.1, 0.15) is 0 Å². The minimum Gasteiger partial charge on any atom is -0.298 e. The monoisotopic (exact) mass is 157 g/mol. The SMILES string of the molecule is CCC(C)N(CC)C(C)CC. The topological polar surface area (TPSA) is 3.24 Å². The van der Waals surface area contributed by atoms with E-state index >= 15 is 0 Å². The van der Waals surface area contributed by atoms with Crippen molar-refractivity contribution >= 4 is 0 Å². The van der Waals surface area contributed by atoms with Crippen molar-refractivity contribution in [2.75, 3.05) is 6.54 Å². The highest BCUT2D eigenvalue weighted by atomic mass is 15.2. The summed E-state index contributed by atoms with van der Waals surface area (Å²) in [6.45, 7) is 12.6. The van der Waals surface area contributed by atoms with E-state index in [1.165, 1.54) is 19.4 Å². The molecule has 2 atom stereocenters. The van der Waals surface area contributed by atoms with E-state index in [1.54, 1.807) is 0 Å². The van der Waals surface area contributed by atoms with Crippen molar-refractivity contribution in [2.24, 2.45) is 0 Å². The molecule has 0 aliphatic rings. The van der Waals surface area contributed by atoms with E-state index in [0.29, 0.717) is 0 Å². The smallest absolute Gasteiger partial charge is 0.00670 e. The molecule has 0 aromatic rings. The fourth-order valence-electron chi connectivity index (χ4n) is 1.53. The first-order chi connectivity index (χ1) is 5.17. The predicted molar refractivity (Wildman–Crippen MR) is 51.9 cm³/mol. The van der Waals surface area contributed by atoms with Crippen LogP contribution in [0.1, 0.15) is 47.5 Å². The van der Waals surface area contributed by atoms with Gasteiger partial charge in [0.2, 0.25) is 0 Å². The highest BCUT2D eigenvalue weighted by Gasteiger charge is 2.14. The van der Waals surface area contributed by atoms with Gasteiger partial charge in [0.05, 0.1) is 0 Å². The van der Waals surface area contributed by atoms with Gasteiger partial charge in [0.15, 0.2) is 0 Å². The second-order valence-electron chi connectivity index (χ2n) is 3.34. The van der Waals surface area contributed by atoms with E-state index < -0.39 is 0 Å². The molecule has 1 heteroatoms. The Labute approximate surface area is 71.8 Å². The van der Waals surface area contributed by atoms with Crippen LogP contribution in [-0.2, 0) is 0 Å². The lowest BCUT2D eigenvalue weighted by Crippen LogP contribution is -2.39. The highest BCUT2D eigenvalue weighted by Crippen LogP contribution is 2.10. The lowest BCUT2D eigenvalue weighted by Gasteiger charge is -2.32. The van der Waals surface area contributed by atoms with Crippen molar-refractivity contribution < 1.29 is 0 Å². The molecular formula is C10H23N. The molecule has 0 amide bonds. The summed E-state index contributed by atoms with van der Waals surface area (Å²) in [6.07, 6.45) is 2.52. The van der Waals surface area contributed by atoms with Crippen LogP contribution in [0.5, 0.6) is 0 Å². The van der Waals surface area contributed by atoms with Crippen molar-refractivity contribution in [1.29, 1.82) is 0 Å². The molecule has 0 aliphatic carbocycles. The van der Waals surface area contributed by atoms with Gasteiger partial charge in [-0.3, -0.25) is 4.90 Å². The lowest BCUT2D eigenvalue weighted by atomic mass is 10.1. The van der Waals surface area contributed by atoms with Crippen LogP contribution in [0.2, 0.25) is 0 Å². The first-order valence-corrected chi connectivity index (χ1v) is 4.93. The zero-order valence-electron chi connectivity index (χ0n) is 8.72. The molecule has 0 saturated heterocycles. The summed E-state index contributed by atoms with van der Waals surface area (Å²) >= 11 is 0. The van der Waals surface area contributed by atoms with Crippen LogP contribution in [0.3, 0.4) is 0 Å². The van der Waals surface area contributed by atoms with Gasteiger partial charge in [-0.2, -0.15) is 0 Å². The zero-order valence-corrected chi connectivity index (χ0v) is 8.72. The zero-order chi connectivity index (χ0) is 8.85. The first-order valence-electron chi connectivity index (χ1n) is 4.93. The van der Waals surface area contributed by atoms with Gasteiger partial charge < -0.3 is 0 Å². The van der Waals surface area contributed by atoms with Crippen LogP contribution >= 0.6 is 0 Å². The summed E-state index contributed by atoms with van der Waals surface area (Å²) in [4.78, 5) is 2.57. The molecule has 0 bridgehead atoms. The lowest BCUT2D eigenvalue weighted by molar-refractivity contribution is 0.155. The Morgan fingerprint density at radius 2 is 1.27 bits per heavy atom. The van der Waals surface area contributed by atoms with Gasteiger partial charge in [-0.05, 0) is 33.2 Å². The predicted octanol–water partition coefficient (Wildman–Crippen LogP) is 2.91. The summed E-state index contributed by atoms with van der Waals surface area (Å²) in [6, 6.07) is 1.49. The van der Waals surface area contributed by atoms with Crippen LogP contribution < -0.4 is 0 Å². The molecule has 0 heterocycles. The van der Waals surface area contributed by atoms with Crippen LogP contribution in [0.4, 0.5) is 0 Å². The minimum atomic E-state index is 0.745. The Morgan fingerprint density at radius 3 is 1.45 bits per heavy atom. The Bertz CT molecular complexity index is 80.9. The maximum absolute atomic E-state index is 2.57. The molecular weight excluding hydrogens is 134 g/mol. The van der Waals surface area contributed by atoms with E-state index in [-0.39, 0.29) is 0 Å². The fraction of sp³-hybridized carbons (Fsp3) is 1.00. The van der Waals surface area contributed by atoms with Crippen LogP contribution in [0, 0.1) is 0 Å². The van der Waals surface area contributed by atoms with Crippen molar-refractivity contribution in [3.05, 3.63) is 0 Å². The third kappa shape index (κ3) is 3.24. The Kier molecular flexibility index (Phi) is 5.57. The third-order valence-electron chi connectivity index (χ3n) is 2.68. The van der Waals surface area contributed by atoms with Crippen molar-refractivity contribution in [3.8, 4) is 0 Å². The van der Waals surface area contributed by atoms with Gasteiger partial charge in [-0.1, -0.05) is 20.8 Å². The molecule has 0 saturated carbocycles. The molecule has 0 spiro atoms. The maximum atomic E-state index is 2.57. The fourth-order valence-corrected chi connectivity index (χ4v) is 1.53. The highest BCUT2D eigenvalue weighted by molar-refractivity contribution is 4.69. The second-order valence-corrected chi connectivity index (χ2v) is 3.34. The number of hydrogen-bond acceptors (Lipinski definition) is 1. The third-order valence-corrected chi connectivity index (χ3v) is 2.68. The van der Waals surface area contributed by atoms with Gasteiger partial charge in [0, 0.05) is 12.1 Å². The molecule has 0 fully saturated rings. The summed E-state index contributed by atoms with van der Waals surface area (Å²) in [5.74, 6) is 0. The Balaban J connectivity index is 3.92. The van der Waals surface area contributed by atoms with E-state index in [2.05, 4.69) is 39.5 Å². The van der Waals surface area contributed by atoms with E-state index in [1.807, 2.05) is 0 Å². The molecule has 2 unspecified atom stereocenters. The molecule has 0 aromatic heterocycles. The van der Waals surface area contributed by atoms with E-state index in [9.17, 15) is 0 Å². The molecule has 0 N–H and O–H groups in total. The minimum absolute atomic E-state index is 0.745. The van der Waals surface area contributed by atoms with Crippen LogP contribution in [0.25, 0.3) is 0 Å². The molecule has 0 aliphatic heterocycles. The molecule has 11 heavy (non-hydrogen) atoms. The number of nitrogens with zero attached hydrogens (tertiary/aromatic N) is 1. The van der Waals surface area contributed by atoms with Crippen LogP contribution in [0.15, 0.2) is 0 Å². The summed E-state index contributed by atoms with van der Waals surface area (Å²) < 4.78 is 0. The summed E-state index contributed by atoms with van der Waals surface area (Å²) in [7, 11) is 0. The van der Waals surface area contributed by atoms with Gasteiger partial charge in [-0.15, -0.1) is 0 Å². The van der Waals surface area contributed by atoms with E-state index in [4.69, 9.17) is 0 Å². The summed E-state index contributed by atoms with van der Waals surface area (Å²) in [5.41, 5.74) is 0. The Hall–Kier alpha value is -0.0400. The van der Waals surface area contributed by atoms with Crippen molar-refractivity contribution in [3.63, 3.8) is 0 Å². The second kappa shape index (κ2) is 5.59. The average Bonchev–Trinajstić information content (AvgIpc) is 2.05. The van der Waals surface area contributed by atoms with Gasteiger partial charge >= 0.3 is 0 Å². The average molecular weight is 157 g/mol. The van der Waals surface area contributed by atoms with Gasteiger partial charge in [0.25, 0.3) is 0 Å². The number of rotatable bonds is 5. The van der Waals surface area contributed by atoms with E-state index in [0.717, 1.165) is 12.1 Å². The van der Waals surface area contributed by atoms with Gasteiger partial charge in [-0.25, -0.2) is 0 Å². The maximum Gasteiger partial charge on any atom is 0.00670 e. The number of hydrogen-bond donors (Lipinski definition) is 0. The molecule has 0 aromatic carbocycles.